The third kappa shape index (κ3) is 2.68. The highest BCUT2D eigenvalue weighted by Gasteiger charge is 2.15. The van der Waals surface area contributed by atoms with Crippen LogP contribution in [0.15, 0.2) is 24.5 Å². The van der Waals surface area contributed by atoms with Gasteiger partial charge in [-0.25, -0.2) is 15.2 Å². The quantitative estimate of drug-likeness (QED) is 0.540. The molecule has 0 aliphatic rings. The van der Waals surface area contributed by atoms with Gasteiger partial charge in [-0.1, -0.05) is 0 Å². The third-order valence-corrected chi connectivity index (χ3v) is 2.62. The number of rotatable bonds is 4. The Hall–Kier alpha value is -2.48. The maximum atomic E-state index is 13.8. The van der Waals surface area contributed by atoms with Crippen molar-refractivity contribution in [3.8, 4) is 0 Å². The predicted molar refractivity (Wildman–Crippen MR) is 66.4 cm³/mol. The molecule has 100 valence electrons. The average molecular weight is 264 g/mol. The van der Waals surface area contributed by atoms with Crippen LogP contribution in [0.3, 0.4) is 0 Å². The molecule has 7 nitrogen and oxygen atoms in total. The molecule has 0 unspecified atom stereocenters. The van der Waals surface area contributed by atoms with Gasteiger partial charge in [0.1, 0.15) is 0 Å². The van der Waals surface area contributed by atoms with Crippen LogP contribution >= 0.6 is 0 Å². The zero-order valence-electron chi connectivity index (χ0n) is 10.2. The number of nitrogens with zero attached hydrogens (tertiary/aromatic N) is 3. The highest BCUT2D eigenvalue weighted by Crippen LogP contribution is 2.13. The van der Waals surface area contributed by atoms with Crippen LogP contribution in [0, 0.1) is 5.82 Å². The summed E-state index contributed by atoms with van der Waals surface area (Å²) in [7, 11) is 1.75. The van der Waals surface area contributed by atoms with Gasteiger partial charge < -0.3 is 10.7 Å². The minimum absolute atomic E-state index is 0.120. The number of hydrazine groups is 1. The van der Waals surface area contributed by atoms with Crippen LogP contribution in [0.4, 0.5) is 10.2 Å². The summed E-state index contributed by atoms with van der Waals surface area (Å²) in [6.07, 6.45) is 2.92. The van der Waals surface area contributed by atoms with Crippen molar-refractivity contribution in [3.05, 3.63) is 41.6 Å². The minimum atomic E-state index is -0.785. The first-order valence-electron chi connectivity index (χ1n) is 5.49. The molecule has 2 aromatic heterocycles. The first-order valence-corrected chi connectivity index (χ1v) is 5.49. The van der Waals surface area contributed by atoms with Crippen LogP contribution in [-0.4, -0.2) is 20.7 Å². The van der Waals surface area contributed by atoms with Crippen molar-refractivity contribution in [1.29, 1.82) is 0 Å². The molecule has 0 atom stereocenters. The van der Waals surface area contributed by atoms with Crippen LogP contribution in [0.5, 0.6) is 0 Å². The molecule has 2 heterocycles. The maximum Gasteiger partial charge on any atom is 0.254 e. The Balaban J connectivity index is 2.10. The lowest BCUT2D eigenvalue weighted by molar-refractivity contribution is 0.0946. The number of nitrogens with one attached hydrogen (secondary N) is 2. The van der Waals surface area contributed by atoms with E-state index in [2.05, 4.69) is 20.8 Å². The lowest BCUT2D eigenvalue weighted by Gasteiger charge is -2.08. The second-order valence-electron chi connectivity index (χ2n) is 3.79. The lowest BCUT2D eigenvalue weighted by atomic mass is 10.2. The molecule has 0 radical (unpaired) electrons. The molecule has 0 saturated carbocycles. The third-order valence-electron chi connectivity index (χ3n) is 2.62. The molecule has 8 heteroatoms. The van der Waals surface area contributed by atoms with E-state index in [4.69, 9.17) is 5.84 Å². The smallest absolute Gasteiger partial charge is 0.254 e. The number of nitrogens with two attached hydrogens (primary N) is 1. The van der Waals surface area contributed by atoms with Gasteiger partial charge in [-0.2, -0.15) is 5.10 Å². The summed E-state index contributed by atoms with van der Waals surface area (Å²) in [5.41, 5.74) is 2.77. The van der Waals surface area contributed by atoms with Crippen molar-refractivity contribution in [3.63, 3.8) is 0 Å². The molecule has 0 bridgehead atoms. The van der Waals surface area contributed by atoms with Crippen LogP contribution in [0.25, 0.3) is 0 Å². The number of halogens is 1. The zero-order valence-corrected chi connectivity index (χ0v) is 10.2. The molecule has 0 aromatic carbocycles. The summed E-state index contributed by atoms with van der Waals surface area (Å²) in [4.78, 5) is 15.5. The number of carbonyl (C=O) groups excluding carboxylic acids is 1. The van der Waals surface area contributed by atoms with E-state index in [9.17, 15) is 9.18 Å². The lowest BCUT2D eigenvalue weighted by Crippen LogP contribution is -2.25. The molecule has 1 amide bonds. The molecule has 2 rings (SSSR count). The maximum absolute atomic E-state index is 13.8. The van der Waals surface area contributed by atoms with E-state index in [0.717, 1.165) is 5.69 Å². The minimum Gasteiger partial charge on any atom is -0.346 e. The molecule has 2 aromatic rings. The second kappa shape index (κ2) is 5.44. The second-order valence-corrected chi connectivity index (χ2v) is 3.79. The number of anilines is 1. The van der Waals surface area contributed by atoms with Crippen molar-refractivity contribution in [2.75, 3.05) is 5.43 Å². The van der Waals surface area contributed by atoms with E-state index < -0.39 is 11.7 Å². The standard InChI is InChI=1S/C11H13FN6O/c1-18-7(2-5-16-18)6-15-11(19)8-3-4-14-10(17-13)9(8)12/h2-5H,6,13H2,1H3,(H,14,17)(H,15,19). The van der Waals surface area contributed by atoms with Gasteiger partial charge in [0, 0.05) is 19.4 Å². The topological polar surface area (TPSA) is 97.9 Å². The predicted octanol–water partition coefficient (Wildman–Crippen LogP) is 0.170. The fourth-order valence-electron chi connectivity index (χ4n) is 1.56. The summed E-state index contributed by atoms with van der Waals surface area (Å²) in [6, 6.07) is 3.05. The Morgan fingerprint density at radius 3 is 2.89 bits per heavy atom. The highest BCUT2D eigenvalue weighted by molar-refractivity contribution is 5.95. The SMILES string of the molecule is Cn1nccc1CNC(=O)c1ccnc(NN)c1F. The van der Waals surface area contributed by atoms with E-state index in [1.807, 2.05) is 0 Å². The summed E-state index contributed by atoms with van der Waals surface area (Å²) in [5, 5.41) is 6.57. The monoisotopic (exact) mass is 264 g/mol. The number of aryl methyl sites for hydroxylation is 1. The Kier molecular flexibility index (Phi) is 3.71. The van der Waals surface area contributed by atoms with Crippen molar-refractivity contribution >= 4 is 11.7 Å². The number of carbonyl (C=O) groups is 1. The molecule has 0 aliphatic carbocycles. The van der Waals surface area contributed by atoms with Crippen LogP contribution < -0.4 is 16.6 Å². The number of nitrogen functional groups attached to an aromatic ring is 1. The Labute approximate surface area is 108 Å². The van der Waals surface area contributed by atoms with Crippen molar-refractivity contribution in [2.24, 2.45) is 12.9 Å². The first kappa shape index (κ1) is 13.0. The Morgan fingerprint density at radius 1 is 1.47 bits per heavy atom. The summed E-state index contributed by atoms with van der Waals surface area (Å²) < 4.78 is 15.4. The van der Waals surface area contributed by atoms with Gasteiger partial charge in [0.05, 0.1) is 17.8 Å². The summed E-state index contributed by atoms with van der Waals surface area (Å²) >= 11 is 0. The van der Waals surface area contributed by atoms with Gasteiger partial charge in [0.25, 0.3) is 5.91 Å². The molecule has 0 saturated heterocycles. The molecule has 0 fully saturated rings. The number of hydrogen-bond acceptors (Lipinski definition) is 5. The van der Waals surface area contributed by atoms with Crippen molar-refractivity contribution in [1.82, 2.24) is 20.1 Å². The number of hydrogen-bond donors (Lipinski definition) is 3. The van der Waals surface area contributed by atoms with Gasteiger partial charge in [-0.15, -0.1) is 0 Å². The Bertz CT molecular complexity index is 597. The number of pyridine rings is 1. The van der Waals surface area contributed by atoms with E-state index in [-0.39, 0.29) is 17.9 Å². The zero-order chi connectivity index (χ0) is 13.8. The van der Waals surface area contributed by atoms with E-state index in [1.54, 1.807) is 24.0 Å². The van der Waals surface area contributed by atoms with Gasteiger partial charge in [-0.3, -0.25) is 9.48 Å². The largest absolute Gasteiger partial charge is 0.346 e. The van der Waals surface area contributed by atoms with E-state index in [0.29, 0.717) is 0 Å². The molecule has 0 spiro atoms. The summed E-state index contributed by atoms with van der Waals surface area (Å²) in [5.74, 6) is 3.59. The van der Waals surface area contributed by atoms with Crippen molar-refractivity contribution in [2.45, 2.75) is 6.54 Å². The van der Waals surface area contributed by atoms with Gasteiger partial charge in [0.15, 0.2) is 11.6 Å². The van der Waals surface area contributed by atoms with E-state index >= 15 is 0 Å². The van der Waals surface area contributed by atoms with Crippen LogP contribution in [0.1, 0.15) is 16.1 Å². The average Bonchev–Trinajstić information content (AvgIpc) is 2.82. The highest BCUT2D eigenvalue weighted by atomic mass is 19.1. The van der Waals surface area contributed by atoms with Gasteiger partial charge in [-0.05, 0) is 12.1 Å². The molecule has 0 aliphatic heterocycles. The number of aromatic nitrogens is 3. The van der Waals surface area contributed by atoms with Crippen LogP contribution in [-0.2, 0) is 13.6 Å². The molecular formula is C11H13FN6O. The van der Waals surface area contributed by atoms with Gasteiger partial charge in [0.2, 0.25) is 0 Å². The fourth-order valence-corrected chi connectivity index (χ4v) is 1.56. The fraction of sp³-hybridized carbons (Fsp3) is 0.182. The molecular weight excluding hydrogens is 251 g/mol. The number of amides is 1. The summed E-state index contributed by atoms with van der Waals surface area (Å²) in [6.45, 7) is 0.252. The molecule has 4 N–H and O–H groups in total. The Morgan fingerprint density at radius 2 is 2.26 bits per heavy atom. The van der Waals surface area contributed by atoms with E-state index in [1.165, 1.54) is 12.3 Å². The van der Waals surface area contributed by atoms with Crippen molar-refractivity contribution < 1.29 is 9.18 Å². The van der Waals surface area contributed by atoms with Gasteiger partial charge >= 0.3 is 0 Å². The normalized spacial score (nSPS) is 10.3. The first-order chi connectivity index (χ1) is 9.13. The van der Waals surface area contributed by atoms with Crippen LogP contribution in [0.2, 0.25) is 0 Å². The molecule has 19 heavy (non-hydrogen) atoms.